The molecule has 1 aliphatic heterocycles. The second-order valence-electron chi connectivity index (χ2n) is 11.5. The Bertz CT molecular complexity index is 1230. The van der Waals surface area contributed by atoms with Crippen LogP contribution < -0.4 is 4.90 Å². The molecular weight excluding hydrogens is 458 g/mol. The summed E-state index contributed by atoms with van der Waals surface area (Å²) < 4.78 is 5.61. The van der Waals surface area contributed by atoms with Crippen molar-refractivity contribution in [2.24, 2.45) is 0 Å². The van der Waals surface area contributed by atoms with Gasteiger partial charge in [-0.05, 0) is 113 Å². The predicted octanol–water partition coefficient (Wildman–Crippen LogP) is 7.39. The smallest absolute Gasteiger partial charge is 0.410 e. The minimum absolute atomic E-state index is 0.214. The van der Waals surface area contributed by atoms with Gasteiger partial charge in [0.1, 0.15) is 5.60 Å². The molecule has 1 amide bonds. The highest BCUT2D eigenvalue weighted by atomic mass is 16.6. The van der Waals surface area contributed by atoms with E-state index in [1.807, 2.05) is 38.1 Å². The molecule has 4 rings (SSSR count). The number of aryl methyl sites for hydroxylation is 3. The van der Waals surface area contributed by atoms with Crippen LogP contribution in [0.5, 0.6) is 0 Å². The first-order chi connectivity index (χ1) is 17.5. The van der Waals surface area contributed by atoms with Gasteiger partial charge in [0.2, 0.25) is 0 Å². The molecule has 1 aromatic heterocycles. The van der Waals surface area contributed by atoms with Crippen molar-refractivity contribution in [3.05, 3.63) is 82.7 Å². The molecule has 2 heterocycles. The number of ether oxygens (including phenoxy) is 1. The normalized spacial score (nSPS) is 14.5. The number of hydrogen-bond donors (Lipinski definition) is 0. The van der Waals surface area contributed by atoms with Gasteiger partial charge in [-0.2, -0.15) is 0 Å². The van der Waals surface area contributed by atoms with E-state index < -0.39 is 5.60 Å². The Morgan fingerprint density at radius 3 is 2.27 bits per heavy atom. The Hall–Kier alpha value is -3.34. The van der Waals surface area contributed by atoms with Crippen LogP contribution in [-0.4, -0.2) is 40.7 Å². The Balaban J connectivity index is 1.57. The Kier molecular flexibility index (Phi) is 7.91. The molecule has 5 nitrogen and oxygen atoms in total. The third-order valence-electron chi connectivity index (χ3n) is 7.30. The van der Waals surface area contributed by atoms with Crippen molar-refractivity contribution in [3.8, 4) is 11.1 Å². The van der Waals surface area contributed by atoms with E-state index in [1.165, 1.54) is 39.1 Å². The third kappa shape index (κ3) is 6.71. The van der Waals surface area contributed by atoms with E-state index in [2.05, 4.69) is 80.0 Å². The Labute approximate surface area is 222 Å². The van der Waals surface area contributed by atoms with Crippen LogP contribution in [0.25, 0.3) is 11.1 Å². The average molecular weight is 500 g/mol. The van der Waals surface area contributed by atoms with Gasteiger partial charge in [0.05, 0.1) is 0 Å². The van der Waals surface area contributed by atoms with Crippen LogP contribution in [0.2, 0.25) is 0 Å². The number of carbonyl (C=O) groups excluding carboxylic acids is 1. The van der Waals surface area contributed by atoms with Crippen molar-refractivity contribution < 1.29 is 9.53 Å². The number of hydrogen-bond acceptors (Lipinski definition) is 4. The lowest BCUT2D eigenvalue weighted by molar-refractivity contribution is 0.0204. The molecular formula is C32H41N3O2. The number of nitrogens with zero attached hydrogens (tertiary/aromatic N) is 3. The molecule has 0 saturated carbocycles. The van der Waals surface area contributed by atoms with Gasteiger partial charge in [0.25, 0.3) is 0 Å². The molecule has 0 radical (unpaired) electrons. The standard InChI is InChI=1S/C32H41N3O2/c1-22-9-8-10-30(15-22)35(29-11-13-34(14-12-29)31(36)37-32(5,6)7)21-26-18-28(20-33-19-26)27-16-23(2)25(4)24(3)17-27/h8-10,15-20,29H,11-14,21H2,1-7H3. The quantitative estimate of drug-likeness (QED) is 0.367. The maximum Gasteiger partial charge on any atom is 0.410 e. The summed E-state index contributed by atoms with van der Waals surface area (Å²) >= 11 is 0. The lowest BCUT2D eigenvalue weighted by Crippen LogP contribution is -2.48. The van der Waals surface area contributed by atoms with Crippen LogP contribution in [0, 0.1) is 27.7 Å². The number of rotatable bonds is 5. The van der Waals surface area contributed by atoms with E-state index in [0.29, 0.717) is 19.1 Å². The molecule has 196 valence electrons. The molecule has 0 atom stereocenters. The van der Waals surface area contributed by atoms with Crippen molar-refractivity contribution in [2.75, 3.05) is 18.0 Å². The number of pyridine rings is 1. The highest BCUT2D eigenvalue weighted by molar-refractivity contribution is 5.68. The first-order valence-electron chi connectivity index (χ1n) is 13.3. The maximum absolute atomic E-state index is 12.6. The van der Waals surface area contributed by atoms with Crippen LogP contribution in [0.3, 0.4) is 0 Å². The number of piperidine rings is 1. The highest BCUT2D eigenvalue weighted by Crippen LogP contribution is 2.29. The van der Waals surface area contributed by atoms with Crippen molar-refractivity contribution in [2.45, 2.75) is 79.5 Å². The number of amides is 1. The van der Waals surface area contributed by atoms with Crippen molar-refractivity contribution >= 4 is 11.8 Å². The van der Waals surface area contributed by atoms with E-state index in [-0.39, 0.29) is 6.09 Å². The molecule has 1 fully saturated rings. The van der Waals surface area contributed by atoms with Gasteiger partial charge in [-0.15, -0.1) is 0 Å². The van der Waals surface area contributed by atoms with Crippen molar-refractivity contribution in [1.82, 2.24) is 9.88 Å². The van der Waals surface area contributed by atoms with Crippen LogP contribution >= 0.6 is 0 Å². The molecule has 0 N–H and O–H groups in total. The van der Waals surface area contributed by atoms with Crippen molar-refractivity contribution in [1.29, 1.82) is 0 Å². The highest BCUT2D eigenvalue weighted by Gasteiger charge is 2.30. The molecule has 3 aromatic rings. The summed E-state index contributed by atoms with van der Waals surface area (Å²) in [6, 6.07) is 15.8. The zero-order valence-electron chi connectivity index (χ0n) is 23.5. The van der Waals surface area contributed by atoms with Crippen LogP contribution in [-0.2, 0) is 11.3 Å². The van der Waals surface area contributed by atoms with Crippen LogP contribution in [0.4, 0.5) is 10.5 Å². The van der Waals surface area contributed by atoms with Gasteiger partial charge >= 0.3 is 6.09 Å². The molecule has 0 unspecified atom stereocenters. The fraction of sp³-hybridized carbons (Fsp3) is 0.438. The summed E-state index contributed by atoms with van der Waals surface area (Å²) in [5, 5.41) is 0. The average Bonchev–Trinajstić information content (AvgIpc) is 2.85. The van der Waals surface area contributed by atoms with Gasteiger partial charge < -0.3 is 14.5 Å². The third-order valence-corrected chi connectivity index (χ3v) is 7.30. The van der Waals surface area contributed by atoms with E-state index >= 15 is 0 Å². The zero-order chi connectivity index (χ0) is 26.7. The monoisotopic (exact) mass is 499 g/mol. The minimum Gasteiger partial charge on any atom is -0.444 e. The molecule has 5 heteroatoms. The zero-order valence-corrected chi connectivity index (χ0v) is 23.5. The van der Waals surface area contributed by atoms with E-state index in [9.17, 15) is 4.79 Å². The van der Waals surface area contributed by atoms with Crippen LogP contribution in [0.15, 0.2) is 54.9 Å². The number of carbonyl (C=O) groups is 1. The van der Waals surface area contributed by atoms with Gasteiger partial charge in [0.15, 0.2) is 0 Å². The molecule has 0 aliphatic carbocycles. The summed E-state index contributed by atoms with van der Waals surface area (Å²) in [5.74, 6) is 0. The maximum atomic E-state index is 12.6. The second kappa shape index (κ2) is 11.0. The Morgan fingerprint density at radius 2 is 1.65 bits per heavy atom. The largest absolute Gasteiger partial charge is 0.444 e. The van der Waals surface area contributed by atoms with Crippen molar-refractivity contribution in [3.63, 3.8) is 0 Å². The molecule has 1 saturated heterocycles. The topological polar surface area (TPSA) is 45.7 Å². The van der Waals surface area contributed by atoms with Crippen LogP contribution in [0.1, 0.15) is 61.4 Å². The predicted molar refractivity (Wildman–Crippen MR) is 152 cm³/mol. The second-order valence-corrected chi connectivity index (χ2v) is 11.5. The van der Waals surface area contributed by atoms with E-state index in [1.54, 1.807) is 0 Å². The molecule has 2 aromatic carbocycles. The van der Waals surface area contributed by atoms with Gasteiger partial charge in [0, 0.05) is 49.3 Å². The first-order valence-corrected chi connectivity index (χ1v) is 13.3. The molecule has 1 aliphatic rings. The number of benzene rings is 2. The minimum atomic E-state index is -0.478. The van der Waals surface area contributed by atoms with E-state index in [0.717, 1.165) is 24.9 Å². The fourth-order valence-corrected chi connectivity index (χ4v) is 5.06. The van der Waals surface area contributed by atoms with Gasteiger partial charge in [-0.25, -0.2) is 4.79 Å². The summed E-state index contributed by atoms with van der Waals surface area (Å²) in [7, 11) is 0. The number of likely N-dealkylation sites (tertiary alicyclic amines) is 1. The lowest BCUT2D eigenvalue weighted by Gasteiger charge is -2.40. The summed E-state index contributed by atoms with van der Waals surface area (Å²) in [6.07, 6.45) is 5.53. The van der Waals surface area contributed by atoms with E-state index in [4.69, 9.17) is 4.74 Å². The fourth-order valence-electron chi connectivity index (χ4n) is 5.06. The lowest BCUT2D eigenvalue weighted by atomic mass is 9.96. The number of aromatic nitrogens is 1. The summed E-state index contributed by atoms with van der Waals surface area (Å²) in [6.45, 7) is 16.6. The van der Waals surface area contributed by atoms with Gasteiger partial charge in [-0.1, -0.05) is 24.3 Å². The molecule has 37 heavy (non-hydrogen) atoms. The molecule has 0 spiro atoms. The number of anilines is 1. The summed E-state index contributed by atoms with van der Waals surface area (Å²) in [5.41, 5.74) is 9.47. The summed E-state index contributed by atoms with van der Waals surface area (Å²) in [4.78, 5) is 21.6. The van der Waals surface area contributed by atoms with Gasteiger partial charge in [-0.3, -0.25) is 4.98 Å². The Morgan fingerprint density at radius 1 is 0.973 bits per heavy atom. The molecule has 0 bridgehead atoms. The first kappa shape index (κ1) is 26.7. The SMILES string of the molecule is Cc1cccc(N(Cc2cncc(-c3cc(C)c(C)c(C)c3)c2)C2CCN(C(=O)OC(C)(C)C)CC2)c1.